The van der Waals surface area contributed by atoms with Crippen molar-refractivity contribution >= 4 is 22.0 Å². The highest BCUT2D eigenvalue weighted by Crippen LogP contribution is 2.24. The van der Waals surface area contributed by atoms with Gasteiger partial charge in [-0.25, -0.2) is 13.8 Å². The molecule has 98 valence electrons. The van der Waals surface area contributed by atoms with Gasteiger partial charge in [-0.2, -0.15) is 0 Å². The molecule has 0 spiro atoms. The number of imidazole rings is 1. The van der Waals surface area contributed by atoms with E-state index in [1.165, 1.54) is 11.3 Å². The third kappa shape index (κ3) is 2.24. The van der Waals surface area contributed by atoms with Crippen LogP contribution in [0.2, 0.25) is 0 Å². The van der Waals surface area contributed by atoms with Gasteiger partial charge in [0.2, 0.25) is 0 Å². The second kappa shape index (κ2) is 4.51. The minimum Gasteiger partial charge on any atom is -0.484 e. The van der Waals surface area contributed by atoms with E-state index in [-0.39, 0.29) is 18.0 Å². The molecule has 7 heteroatoms. The summed E-state index contributed by atoms with van der Waals surface area (Å²) in [5.74, 6) is -1.58. The molecule has 19 heavy (non-hydrogen) atoms. The number of thiazole rings is 1. The highest BCUT2D eigenvalue weighted by Gasteiger charge is 2.10. The lowest BCUT2D eigenvalue weighted by molar-refractivity contribution is 0.285. The molecule has 3 rings (SSSR count). The molecular weight excluding hydrogens is 272 g/mol. The summed E-state index contributed by atoms with van der Waals surface area (Å²) in [7, 11) is 0. The highest BCUT2D eigenvalue weighted by molar-refractivity contribution is 7.15. The molecule has 0 aliphatic heterocycles. The number of nitrogens with two attached hydrogens (primary N) is 1. The fourth-order valence-electron chi connectivity index (χ4n) is 1.65. The van der Waals surface area contributed by atoms with E-state index < -0.39 is 11.6 Å². The lowest BCUT2D eigenvalue weighted by Gasteiger charge is -2.06. The summed E-state index contributed by atoms with van der Waals surface area (Å²) in [6, 6.07) is 1.83. The third-order valence-electron chi connectivity index (χ3n) is 2.57. The molecule has 3 aromatic rings. The van der Waals surface area contributed by atoms with Crippen molar-refractivity contribution in [3.63, 3.8) is 0 Å². The van der Waals surface area contributed by atoms with Crippen LogP contribution in [0.15, 0.2) is 29.9 Å². The van der Waals surface area contributed by atoms with Crippen molar-refractivity contribution in [2.45, 2.75) is 6.61 Å². The molecule has 0 bridgehead atoms. The van der Waals surface area contributed by atoms with Gasteiger partial charge in [0.1, 0.15) is 12.4 Å². The summed E-state index contributed by atoms with van der Waals surface area (Å²) in [5, 5.41) is 1.90. The van der Waals surface area contributed by atoms with Gasteiger partial charge in [-0.3, -0.25) is 4.40 Å². The molecule has 0 aliphatic carbocycles. The monoisotopic (exact) mass is 281 g/mol. The first-order valence-electron chi connectivity index (χ1n) is 5.42. The van der Waals surface area contributed by atoms with Crippen LogP contribution in [0, 0.1) is 11.6 Å². The molecule has 0 atom stereocenters. The van der Waals surface area contributed by atoms with Crippen LogP contribution in [-0.4, -0.2) is 9.38 Å². The van der Waals surface area contributed by atoms with Gasteiger partial charge in [0.05, 0.1) is 11.4 Å². The average molecular weight is 281 g/mol. The first-order valence-corrected chi connectivity index (χ1v) is 6.30. The number of halogens is 2. The Morgan fingerprint density at radius 2 is 2.16 bits per heavy atom. The first kappa shape index (κ1) is 11.9. The number of nitrogen functional groups attached to an aromatic ring is 1. The van der Waals surface area contributed by atoms with Crippen LogP contribution in [0.1, 0.15) is 5.69 Å². The zero-order valence-electron chi connectivity index (χ0n) is 9.64. The SMILES string of the molecule is Nc1cc(F)c(OCc2cn3ccsc3n2)cc1F. The van der Waals surface area contributed by atoms with Gasteiger partial charge in [-0.15, -0.1) is 11.3 Å². The molecule has 2 heterocycles. The van der Waals surface area contributed by atoms with Gasteiger partial charge in [0.15, 0.2) is 16.5 Å². The summed E-state index contributed by atoms with van der Waals surface area (Å²) < 4.78 is 33.7. The first-order chi connectivity index (χ1) is 9.13. The smallest absolute Gasteiger partial charge is 0.193 e. The lowest BCUT2D eigenvalue weighted by atomic mass is 10.3. The maximum Gasteiger partial charge on any atom is 0.193 e. The van der Waals surface area contributed by atoms with Crippen LogP contribution < -0.4 is 10.5 Å². The second-order valence-electron chi connectivity index (χ2n) is 3.92. The topological polar surface area (TPSA) is 52.5 Å². The van der Waals surface area contributed by atoms with Crippen molar-refractivity contribution in [1.29, 1.82) is 0 Å². The number of nitrogens with zero attached hydrogens (tertiary/aromatic N) is 2. The largest absolute Gasteiger partial charge is 0.484 e. The van der Waals surface area contributed by atoms with Crippen molar-refractivity contribution in [3.8, 4) is 5.75 Å². The Morgan fingerprint density at radius 3 is 2.95 bits per heavy atom. The fourth-order valence-corrected chi connectivity index (χ4v) is 2.37. The number of fused-ring (bicyclic) bond motifs is 1. The molecule has 0 unspecified atom stereocenters. The lowest BCUT2D eigenvalue weighted by Crippen LogP contribution is -2.00. The van der Waals surface area contributed by atoms with Gasteiger partial charge in [0, 0.05) is 29.9 Å². The van der Waals surface area contributed by atoms with E-state index in [9.17, 15) is 8.78 Å². The van der Waals surface area contributed by atoms with E-state index in [2.05, 4.69) is 4.98 Å². The van der Waals surface area contributed by atoms with Gasteiger partial charge in [0.25, 0.3) is 0 Å². The van der Waals surface area contributed by atoms with Crippen LogP contribution >= 0.6 is 11.3 Å². The number of rotatable bonds is 3. The highest BCUT2D eigenvalue weighted by atomic mass is 32.1. The molecule has 4 nitrogen and oxygen atoms in total. The van der Waals surface area contributed by atoms with Gasteiger partial charge in [-0.05, 0) is 0 Å². The number of hydrogen-bond acceptors (Lipinski definition) is 4. The molecule has 0 radical (unpaired) electrons. The molecule has 1 aromatic carbocycles. The Balaban J connectivity index is 1.79. The minimum atomic E-state index is -0.706. The van der Waals surface area contributed by atoms with E-state index in [4.69, 9.17) is 10.5 Å². The zero-order chi connectivity index (χ0) is 13.4. The van der Waals surface area contributed by atoms with Crippen LogP contribution in [0.3, 0.4) is 0 Å². The normalized spacial score (nSPS) is 11.1. The number of hydrogen-bond donors (Lipinski definition) is 1. The van der Waals surface area contributed by atoms with Gasteiger partial charge >= 0.3 is 0 Å². The van der Waals surface area contributed by atoms with E-state index >= 15 is 0 Å². The van der Waals surface area contributed by atoms with Crippen LogP contribution in [0.5, 0.6) is 5.75 Å². The Kier molecular flexibility index (Phi) is 2.83. The number of anilines is 1. The maximum atomic E-state index is 13.5. The Hall–Kier alpha value is -2.15. The third-order valence-corrected chi connectivity index (χ3v) is 3.34. The van der Waals surface area contributed by atoms with E-state index in [1.807, 2.05) is 16.0 Å². The van der Waals surface area contributed by atoms with E-state index in [0.717, 1.165) is 17.1 Å². The van der Waals surface area contributed by atoms with Gasteiger partial charge in [-0.1, -0.05) is 0 Å². The fraction of sp³-hybridized carbons (Fsp3) is 0.0833. The number of benzene rings is 1. The van der Waals surface area contributed by atoms with Crippen LogP contribution in [0.25, 0.3) is 4.96 Å². The maximum absolute atomic E-state index is 13.5. The number of aromatic nitrogens is 2. The Bertz CT molecular complexity index is 709. The minimum absolute atomic E-state index is 0.0642. The predicted molar refractivity (Wildman–Crippen MR) is 68.2 cm³/mol. The summed E-state index contributed by atoms with van der Waals surface area (Å²) in [6.07, 6.45) is 3.64. The van der Waals surface area contributed by atoms with Gasteiger partial charge < -0.3 is 10.5 Å². The standard InChI is InChI=1S/C12H9F2N3OS/c13-8-4-11(9(14)3-10(8)15)18-6-7-5-17-1-2-19-12(17)16-7/h1-5H,6,15H2. The molecule has 0 fully saturated rings. The number of ether oxygens (including phenoxy) is 1. The summed E-state index contributed by atoms with van der Waals surface area (Å²) in [4.78, 5) is 5.09. The predicted octanol–water partition coefficient (Wildman–Crippen LogP) is 2.84. The summed E-state index contributed by atoms with van der Waals surface area (Å²) >= 11 is 1.48. The second-order valence-corrected chi connectivity index (χ2v) is 4.79. The van der Waals surface area contributed by atoms with Crippen molar-refractivity contribution in [2.75, 3.05) is 5.73 Å². The van der Waals surface area contributed by atoms with Crippen molar-refractivity contribution in [1.82, 2.24) is 9.38 Å². The van der Waals surface area contributed by atoms with E-state index in [0.29, 0.717) is 5.69 Å². The quantitative estimate of drug-likeness (QED) is 0.751. The molecular formula is C12H9F2N3OS. The molecule has 2 N–H and O–H groups in total. The molecule has 2 aromatic heterocycles. The van der Waals surface area contributed by atoms with E-state index in [1.54, 1.807) is 6.20 Å². The zero-order valence-corrected chi connectivity index (χ0v) is 10.5. The Labute approximate surface area is 111 Å². The van der Waals surface area contributed by atoms with Crippen molar-refractivity contribution in [2.24, 2.45) is 0 Å². The average Bonchev–Trinajstić information content (AvgIpc) is 2.92. The molecule has 0 amide bonds. The summed E-state index contributed by atoms with van der Waals surface area (Å²) in [6.45, 7) is 0.0642. The summed E-state index contributed by atoms with van der Waals surface area (Å²) in [5.41, 5.74) is 5.65. The Morgan fingerprint density at radius 1 is 1.32 bits per heavy atom. The van der Waals surface area contributed by atoms with Crippen LogP contribution in [0.4, 0.5) is 14.5 Å². The molecule has 0 saturated heterocycles. The van der Waals surface area contributed by atoms with Crippen LogP contribution in [-0.2, 0) is 6.61 Å². The molecule has 0 aliphatic rings. The molecule has 0 saturated carbocycles. The van der Waals surface area contributed by atoms with Crippen molar-refractivity contribution < 1.29 is 13.5 Å². The van der Waals surface area contributed by atoms with Crippen molar-refractivity contribution in [3.05, 3.63) is 47.2 Å².